The molecule has 0 saturated carbocycles. The summed E-state index contributed by atoms with van der Waals surface area (Å²) >= 11 is 0. The van der Waals surface area contributed by atoms with Crippen molar-refractivity contribution in [3.8, 4) is 16.9 Å². The summed E-state index contributed by atoms with van der Waals surface area (Å²) < 4.78 is 55.7. The fourth-order valence-corrected chi connectivity index (χ4v) is 3.50. The zero-order valence-corrected chi connectivity index (χ0v) is 16.5. The largest absolute Gasteiger partial charge is 0.573 e. The van der Waals surface area contributed by atoms with Gasteiger partial charge in [0.25, 0.3) is 5.91 Å². The van der Waals surface area contributed by atoms with Crippen LogP contribution in [-0.4, -0.2) is 40.1 Å². The van der Waals surface area contributed by atoms with Crippen molar-refractivity contribution in [1.82, 2.24) is 14.9 Å². The molecule has 0 saturated heterocycles. The number of ether oxygens (including phenoxy) is 1. The number of nitrogens with zero attached hydrogens (tertiary/aromatic N) is 4. The van der Waals surface area contributed by atoms with Gasteiger partial charge in [-0.25, -0.2) is 15.0 Å². The van der Waals surface area contributed by atoms with E-state index in [1.165, 1.54) is 31.4 Å². The van der Waals surface area contributed by atoms with Gasteiger partial charge in [0.2, 0.25) is 5.95 Å². The van der Waals surface area contributed by atoms with E-state index in [9.17, 15) is 22.4 Å². The van der Waals surface area contributed by atoms with E-state index in [1.807, 2.05) is 0 Å². The van der Waals surface area contributed by atoms with Gasteiger partial charge >= 0.3 is 6.36 Å². The second-order valence-corrected chi connectivity index (χ2v) is 6.92. The first-order chi connectivity index (χ1) is 15.1. The van der Waals surface area contributed by atoms with E-state index in [2.05, 4.69) is 19.7 Å². The minimum absolute atomic E-state index is 0.0785. The average Bonchev–Trinajstić information content (AvgIpc) is 2.98. The lowest BCUT2D eigenvalue weighted by Gasteiger charge is -2.26. The number of aliphatic imine (C=N–C) groups is 1. The predicted molar refractivity (Wildman–Crippen MR) is 106 cm³/mol. The van der Waals surface area contributed by atoms with E-state index in [0.29, 0.717) is 11.1 Å². The highest BCUT2D eigenvalue weighted by Crippen LogP contribution is 2.41. The van der Waals surface area contributed by atoms with Crippen LogP contribution in [-0.2, 0) is 10.3 Å². The molecule has 1 aromatic heterocycles. The van der Waals surface area contributed by atoms with Gasteiger partial charge < -0.3 is 10.5 Å². The molecule has 3 aromatic rings. The minimum Gasteiger partial charge on any atom is -0.406 e. The Morgan fingerprint density at radius 1 is 1.09 bits per heavy atom. The number of guanidine groups is 1. The first-order valence-electron chi connectivity index (χ1n) is 9.18. The lowest BCUT2D eigenvalue weighted by atomic mass is 9.82. The molecule has 0 unspecified atom stereocenters. The van der Waals surface area contributed by atoms with Crippen LogP contribution in [0.25, 0.3) is 11.1 Å². The summed E-state index contributed by atoms with van der Waals surface area (Å²) in [6.07, 6.45) is -2.51. The van der Waals surface area contributed by atoms with Gasteiger partial charge in [-0.3, -0.25) is 9.69 Å². The third-order valence-corrected chi connectivity index (χ3v) is 5.00. The van der Waals surface area contributed by atoms with Crippen molar-refractivity contribution in [3.05, 3.63) is 78.1 Å². The van der Waals surface area contributed by atoms with Crippen molar-refractivity contribution in [2.45, 2.75) is 11.9 Å². The zero-order chi connectivity index (χ0) is 23.1. The van der Waals surface area contributed by atoms with Gasteiger partial charge in [0, 0.05) is 13.2 Å². The van der Waals surface area contributed by atoms with Gasteiger partial charge in [0.1, 0.15) is 12.1 Å². The summed E-state index contributed by atoms with van der Waals surface area (Å²) in [6.45, 7) is 0. The molecule has 1 aliphatic rings. The number of rotatable bonds is 4. The van der Waals surface area contributed by atoms with Gasteiger partial charge in [-0.2, -0.15) is 4.39 Å². The van der Waals surface area contributed by atoms with E-state index in [1.54, 1.807) is 18.2 Å². The van der Waals surface area contributed by atoms with Crippen molar-refractivity contribution in [2.24, 2.45) is 10.7 Å². The van der Waals surface area contributed by atoms with Crippen LogP contribution in [0.15, 0.2) is 66.0 Å². The quantitative estimate of drug-likeness (QED) is 0.492. The molecule has 11 heteroatoms. The average molecular weight is 445 g/mol. The van der Waals surface area contributed by atoms with Crippen LogP contribution in [0.1, 0.15) is 11.1 Å². The van der Waals surface area contributed by atoms with E-state index >= 15 is 0 Å². The Balaban J connectivity index is 1.86. The minimum atomic E-state index is -4.86. The molecule has 0 bridgehead atoms. The van der Waals surface area contributed by atoms with Gasteiger partial charge in [-0.15, -0.1) is 13.2 Å². The fourth-order valence-electron chi connectivity index (χ4n) is 3.50. The Bertz CT molecular complexity index is 1210. The highest BCUT2D eigenvalue weighted by Gasteiger charge is 2.49. The fraction of sp³-hybridized carbons (Fsp3) is 0.143. The molecule has 2 aromatic carbocycles. The number of carbonyl (C=O) groups is 1. The lowest BCUT2D eigenvalue weighted by molar-refractivity contribution is -0.274. The van der Waals surface area contributed by atoms with Crippen LogP contribution in [0.2, 0.25) is 0 Å². The number of carbonyl (C=O) groups excluding carboxylic acids is 1. The predicted octanol–water partition coefficient (Wildman–Crippen LogP) is 3.21. The molecule has 7 nitrogen and oxygen atoms in total. The summed E-state index contributed by atoms with van der Waals surface area (Å²) in [7, 11) is 1.43. The molecule has 4 rings (SSSR count). The molecule has 1 aliphatic heterocycles. The summed E-state index contributed by atoms with van der Waals surface area (Å²) in [5.74, 6) is -1.81. The molecule has 0 spiro atoms. The van der Waals surface area contributed by atoms with E-state index in [-0.39, 0.29) is 17.1 Å². The van der Waals surface area contributed by atoms with E-state index < -0.39 is 29.5 Å². The Hall–Kier alpha value is -4.02. The molecule has 0 radical (unpaired) electrons. The monoisotopic (exact) mass is 445 g/mol. The highest BCUT2D eigenvalue weighted by atomic mass is 19.4. The standard InChI is InChI=1S/C21H15F4N5O2/c1-30-18(31)20(29-19(30)26,13-5-7-15(8-6-13)32-21(23,24)25)14-4-2-3-12(9-14)16-10-27-11-28-17(16)22/h2-11H,1H3,(H2,26,29)/t20-/m0/s1. The number of alkyl halides is 3. The molecule has 1 atom stereocenters. The van der Waals surface area contributed by atoms with Crippen LogP contribution >= 0.6 is 0 Å². The summed E-state index contributed by atoms with van der Waals surface area (Å²) in [4.78, 5) is 26.1. The lowest BCUT2D eigenvalue weighted by Crippen LogP contribution is -2.41. The van der Waals surface area contributed by atoms with Crippen molar-refractivity contribution in [3.63, 3.8) is 0 Å². The maximum absolute atomic E-state index is 14.2. The van der Waals surface area contributed by atoms with Crippen LogP contribution < -0.4 is 10.5 Å². The molecular weight excluding hydrogens is 430 g/mol. The number of hydrogen-bond acceptors (Lipinski definition) is 6. The van der Waals surface area contributed by atoms with Crippen LogP contribution in [0, 0.1) is 5.95 Å². The first kappa shape index (κ1) is 21.2. The zero-order valence-electron chi connectivity index (χ0n) is 16.5. The Morgan fingerprint density at radius 3 is 2.41 bits per heavy atom. The second kappa shape index (κ2) is 7.59. The molecule has 2 heterocycles. The van der Waals surface area contributed by atoms with Crippen molar-refractivity contribution in [1.29, 1.82) is 0 Å². The summed E-state index contributed by atoms with van der Waals surface area (Å²) in [5, 5.41) is 0. The molecule has 1 amide bonds. The number of amides is 1. The number of nitrogens with two attached hydrogens (primary N) is 1. The van der Waals surface area contributed by atoms with E-state index in [0.717, 1.165) is 23.4 Å². The van der Waals surface area contributed by atoms with E-state index in [4.69, 9.17) is 5.73 Å². The third-order valence-electron chi connectivity index (χ3n) is 5.00. The maximum atomic E-state index is 14.2. The summed E-state index contributed by atoms with van der Waals surface area (Å²) in [5.41, 5.74) is 5.30. The molecular formula is C21H15F4N5O2. The molecule has 0 aliphatic carbocycles. The molecule has 0 fully saturated rings. The summed E-state index contributed by atoms with van der Waals surface area (Å²) in [6, 6.07) is 11.1. The maximum Gasteiger partial charge on any atom is 0.573 e. The molecule has 32 heavy (non-hydrogen) atoms. The van der Waals surface area contributed by atoms with Crippen molar-refractivity contribution >= 4 is 11.9 Å². The topological polar surface area (TPSA) is 93.7 Å². The van der Waals surface area contributed by atoms with Crippen LogP contribution in [0.5, 0.6) is 5.75 Å². The second-order valence-electron chi connectivity index (χ2n) is 6.92. The molecule has 164 valence electrons. The Morgan fingerprint density at radius 2 is 1.81 bits per heavy atom. The Kier molecular flexibility index (Phi) is 5.03. The van der Waals surface area contributed by atoms with Crippen LogP contribution in [0.4, 0.5) is 17.6 Å². The third kappa shape index (κ3) is 3.61. The highest BCUT2D eigenvalue weighted by molar-refractivity contribution is 6.09. The van der Waals surface area contributed by atoms with Crippen molar-refractivity contribution < 1.29 is 27.1 Å². The number of hydrogen-bond donors (Lipinski definition) is 1. The van der Waals surface area contributed by atoms with Gasteiger partial charge in [0.15, 0.2) is 11.5 Å². The Labute approximate surface area is 179 Å². The smallest absolute Gasteiger partial charge is 0.406 e. The van der Waals surface area contributed by atoms with Crippen LogP contribution in [0.3, 0.4) is 0 Å². The van der Waals surface area contributed by atoms with Gasteiger partial charge in [-0.05, 0) is 34.9 Å². The SMILES string of the molecule is CN1C(=O)[C@](c2ccc(OC(F)(F)F)cc2)(c2cccc(-c3cncnc3F)c2)N=C1N. The number of benzene rings is 2. The van der Waals surface area contributed by atoms with Crippen molar-refractivity contribution in [2.75, 3.05) is 7.05 Å². The van der Waals surface area contributed by atoms with Gasteiger partial charge in [0.05, 0.1) is 5.56 Å². The first-order valence-corrected chi connectivity index (χ1v) is 9.18. The number of likely N-dealkylation sites (N-methyl/N-ethyl adjacent to an activating group) is 1. The van der Waals surface area contributed by atoms with Gasteiger partial charge in [-0.1, -0.05) is 30.3 Å². The number of halogens is 4. The normalized spacial score (nSPS) is 18.6. The number of aromatic nitrogens is 2. The molecule has 2 N–H and O–H groups in total.